The molecule has 1 amide bonds. The van der Waals surface area contributed by atoms with Gasteiger partial charge in [0, 0.05) is 9.92 Å². The van der Waals surface area contributed by atoms with Crippen LogP contribution in [0.2, 0.25) is 5.02 Å². The van der Waals surface area contributed by atoms with Crippen LogP contribution < -0.4 is 10.0 Å². The fourth-order valence-corrected chi connectivity index (χ4v) is 3.47. The first kappa shape index (κ1) is 15.8. The molecule has 1 heterocycles. The van der Waals surface area contributed by atoms with Gasteiger partial charge in [0.25, 0.3) is 0 Å². The number of carboxylic acid groups (broad SMARTS) is 1. The number of amides is 1. The number of nitrogens with zero attached hydrogens (tertiary/aromatic N) is 1. The van der Waals surface area contributed by atoms with Crippen LogP contribution in [-0.4, -0.2) is 17.6 Å². The molecule has 0 unspecified atom stereocenters. The van der Waals surface area contributed by atoms with E-state index in [1.807, 2.05) is 0 Å². The third-order valence-electron chi connectivity index (χ3n) is 3.48. The molecule has 118 valence electrons. The van der Waals surface area contributed by atoms with Crippen molar-refractivity contribution >= 4 is 40.9 Å². The average molecular weight is 351 g/mol. The number of carboxylic acids is 1. The Morgan fingerprint density at radius 1 is 1.30 bits per heavy atom. The third kappa shape index (κ3) is 3.18. The van der Waals surface area contributed by atoms with Crippen LogP contribution in [0.4, 0.5) is 10.1 Å². The quantitative estimate of drug-likeness (QED) is 0.853. The molecule has 0 radical (unpaired) electrons. The molecular weight excluding hydrogens is 341 g/mol. The van der Waals surface area contributed by atoms with Crippen LogP contribution in [0, 0.1) is 5.82 Å². The maximum Gasteiger partial charge on any atom is 0.237 e. The van der Waals surface area contributed by atoms with Crippen molar-refractivity contribution in [3.05, 3.63) is 58.4 Å². The van der Waals surface area contributed by atoms with E-state index in [0.29, 0.717) is 11.3 Å². The SMILES string of the molecule is O=C([O-])c1ccc2c(c1)N(Cc1ccc(F)cc1Cl)C(=O)CS2. The van der Waals surface area contributed by atoms with E-state index >= 15 is 0 Å². The van der Waals surface area contributed by atoms with E-state index < -0.39 is 11.8 Å². The van der Waals surface area contributed by atoms with Gasteiger partial charge >= 0.3 is 0 Å². The normalized spacial score (nSPS) is 13.8. The van der Waals surface area contributed by atoms with Gasteiger partial charge in [0.2, 0.25) is 5.91 Å². The summed E-state index contributed by atoms with van der Waals surface area (Å²) in [6.45, 7) is 0.141. The number of thioether (sulfide) groups is 1. The summed E-state index contributed by atoms with van der Waals surface area (Å²) >= 11 is 7.36. The Morgan fingerprint density at radius 2 is 2.09 bits per heavy atom. The van der Waals surface area contributed by atoms with Gasteiger partial charge in [-0.3, -0.25) is 4.79 Å². The van der Waals surface area contributed by atoms with Crippen molar-refractivity contribution in [2.24, 2.45) is 0 Å². The Kier molecular flexibility index (Phi) is 4.28. The summed E-state index contributed by atoms with van der Waals surface area (Å²) in [5, 5.41) is 11.3. The van der Waals surface area contributed by atoms with Crippen molar-refractivity contribution in [1.82, 2.24) is 0 Å². The largest absolute Gasteiger partial charge is 0.545 e. The van der Waals surface area contributed by atoms with Crippen LogP contribution in [0.15, 0.2) is 41.3 Å². The van der Waals surface area contributed by atoms with Gasteiger partial charge in [-0.25, -0.2) is 4.39 Å². The van der Waals surface area contributed by atoms with Gasteiger partial charge < -0.3 is 14.8 Å². The zero-order valence-electron chi connectivity index (χ0n) is 11.7. The van der Waals surface area contributed by atoms with E-state index in [1.165, 1.54) is 47.0 Å². The second-order valence-corrected chi connectivity index (χ2v) is 6.40. The molecule has 2 aromatic rings. The molecule has 0 aromatic heterocycles. The molecule has 0 fully saturated rings. The summed E-state index contributed by atoms with van der Waals surface area (Å²) in [4.78, 5) is 25.5. The highest BCUT2D eigenvalue weighted by atomic mass is 35.5. The highest BCUT2D eigenvalue weighted by Crippen LogP contribution is 2.37. The van der Waals surface area contributed by atoms with Gasteiger partial charge in [-0.2, -0.15) is 0 Å². The summed E-state index contributed by atoms with van der Waals surface area (Å²) in [6, 6.07) is 8.46. The van der Waals surface area contributed by atoms with Gasteiger partial charge in [0.15, 0.2) is 0 Å². The molecule has 0 saturated carbocycles. The molecule has 7 heteroatoms. The number of hydrogen-bond donors (Lipinski definition) is 0. The molecule has 0 aliphatic carbocycles. The lowest BCUT2D eigenvalue weighted by Crippen LogP contribution is -2.35. The van der Waals surface area contributed by atoms with Crippen LogP contribution in [0.5, 0.6) is 0 Å². The van der Waals surface area contributed by atoms with Gasteiger partial charge in [-0.05, 0) is 35.4 Å². The minimum Gasteiger partial charge on any atom is -0.545 e. The monoisotopic (exact) mass is 350 g/mol. The highest BCUT2D eigenvalue weighted by Gasteiger charge is 2.26. The second kappa shape index (κ2) is 6.22. The number of hydrogen-bond acceptors (Lipinski definition) is 4. The average Bonchev–Trinajstić information content (AvgIpc) is 2.51. The fourth-order valence-electron chi connectivity index (χ4n) is 2.32. The Balaban J connectivity index is 2.00. The number of anilines is 1. The van der Waals surface area contributed by atoms with E-state index in [1.54, 1.807) is 6.07 Å². The van der Waals surface area contributed by atoms with Crippen molar-refractivity contribution in [1.29, 1.82) is 0 Å². The Labute approximate surface area is 140 Å². The maximum absolute atomic E-state index is 13.1. The van der Waals surface area contributed by atoms with Crippen LogP contribution in [0.25, 0.3) is 0 Å². The van der Waals surface area contributed by atoms with Gasteiger partial charge in [-0.15, -0.1) is 11.8 Å². The van der Waals surface area contributed by atoms with Gasteiger partial charge in [-0.1, -0.05) is 23.7 Å². The topological polar surface area (TPSA) is 60.4 Å². The zero-order valence-corrected chi connectivity index (χ0v) is 13.3. The molecule has 4 nitrogen and oxygen atoms in total. The molecule has 23 heavy (non-hydrogen) atoms. The standard InChI is InChI=1S/C16H11ClFNO3S/c17-12-6-11(18)3-1-10(12)7-19-13-5-9(16(21)22)2-4-14(13)23-8-15(19)20/h1-6H,7-8H2,(H,21,22)/p-1. The Morgan fingerprint density at radius 3 is 2.78 bits per heavy atom. The Bertz CT molecular complexity index is 812. The van der Waals surface area contributed by atoms with Crippen molar-refractivity contribution in [2.45, 2.75) is 11.4 Å². The number of aromatic carboxylic acids is 1. The summed E-state index contributed by atoms with van der Waals surface area (Å²) < 4.78 is 13.1. The first-order valence-electron chi connectivity index (χ1n) is 6.68. The minimum absolute atomic E-state index is 0.00532. The van der Waals surface area contributed by atoms with Gasteiger partial charge in [0.1, 0.15) is 5.82 Å². The van der Waals surface area contributed by atoms with Crippen molar-refractivity contribution in [3.63, 3.8) is 0 Å². The van der Waals surface area contributed by atoms with Crippen molar-refractivity contribution in [2.75, 3.05) is 10.7 Å². The predicted octanol–water partition coefficient (Wildman–Crippen LogP) is 2.48. The molecule has 0 spiro atoms. The molecule has 1 aliphatic heterocycles. The number of benzene rings is 2. The van der Waals surface area contributed by atoms with E-state index in [-0.39, 0.29) is 28.8 Å². The first-order valence-corrected chi connectivity index (χ1v) is 8.04. The summed E-state index contributed by atoms with van der Waals surface area (Å²) in [7, 11) is 0. The molecule has 0 saturated heterocycles. The number of halogens is 2. The van der Waals surface area contributed by atoms with Crippen LogP contribution in [0.1, 0.15) is 15.9 Å². The van der Waals surface area contributed by atoms with E-state index in [4.69, 9.17) is 11.6 Å². The molecule has 3 rings (SSSR count). The number of carbonyl (C=O) groups is 2. The van der Waals surface area contributed by atoms with Gasteiger partial charge in [0.05, 0.1) is 24.0 Å². The van der Waals surface area contributed by atoms with Crippen LogP contribution >= 0.6 is 23.4 Å². The summed E-state index contributed by atoms with van der Waals surface area (Å²) in [5.74, 6) is -1.69. The number of rotatable bonds is 3. The second-order valence-electron chi connectivity index (χ2n) is 4.97. The van der Waals surface area contributed by atoms with Crippen molar-refractivity contribution in [3.8, 4) is 0 Å². The molecule has 1 aliphatic rings. The molecule has 2 aromatic carbocycles. The van der Waals surface area contributed by atoms with E-state index in [0.717, 1.165) is 4.90 Å². The smallest absolute Gasteiger partial charge is 0.237 e. The summed E-state index contributed by atoms with van der Waals surface area (Å²) in [5.41, 5.74) is 1.07. The lowest BCUT2D eigenvalue weighted by atomic mass is 10.1. The molecule has 0 bridgehead atoms. The highest BCUT2D eigenvalue weighted by molar-refractivity contribution is 8.00. The summed E-state index contributed by atoms with van der Waals surface area (Å²) in [6.07, 6.45) is 0. The molecule has 0 N–H and O–H groups in total. The number of fused-ring (bicyclic) bond motifs is 1. The van der Waals surface area contributed by atoms with Crippen LogP contribution in [-0.2, 0) is 11.3 Å². The van der Waals surface area contributed by atoms with E-state index in [2.05, 4.69) is 0 Å². The fraction of sp³-hybridized carbons (Fsp3) is 0.125. The lowest BCUT2D eigenvalue weighted by Gasteiger charge is -2.30. The Hall–Kier alpha value is -2.05. The minimum atomic E-state index is -1.31. The predicted molar refractivity (Wildman–Crippen MR) is 84.1 cm³/mol. The van der Waals surface area contributed by atoms with Crippen molar-refractivity contribution < 1.29 is 19.1 Å². The van der Waals surface area contributed by atoms with Crippen LogP contribution in [0.3, 0.4) is 0 Å². The lowest BCUT2D eigenvalue weighted by molar-refractivity contribution is -0.255. The first-order chi connectivity index (χ1) is 11.0. The molecular formula is C16H10ClFNO3S-. The van der Waals surface area contributed by atoms with E-state index in [9.17, 15) is 19.1 Å². The molecule has 0 atom stereocenters. The maximum atomic E-state index is 13.1. The number of carbonyl (C=O) groups excluding carboxylic acids is 2. The third-order valence-corrected chi connectivity index (χ3v) is 4.88. The zero-order chi connectivity index (χ0) is 16.6.